The third-order valence-corrected chi connectivity index (χ3v) is 3.80. The van der Waals surface area contributed by atoms with Crippen LogP contribution >= 0.6 is 0 Å². The fourth-order valence-corrected chi connectivity index (χ4v) is 2.91. The predicted octanol–water partition coefficient (Wildman–Crippen LogP) is 1.25. The maximum atomic E-state index is 5.85. The monoisotopic (exact) mass is 232 g/mol. The highest BCUT2D eigenvalue weighted by molar-refractivity contribution is 5.15. The molecule has 0 bridgehead atoms. The normalized spacial score (nSPS) is 29.9. The number of nitrogens with one attached hydrogen (secondary N) is 1. The van der Waals surface area contributed by atoms with Crippen molar-refractivity contribution in [1.82, 2.24) is 10.2 Å². The highest BCUT2D eigenvalue weighted by Gasteiger charge is 2.33. The lowest BCUT2D eigenvalue weighted by molar-refractivity contribution is -0.0842. The number of hydrogen-bond acceptors (Lipinski definition) is 3. The van der Waals surface area contributed by atoms with Crippen molar-refractivity contribution in [1.29, 1.82) is 0 Å². The lowest BCUT2D eigenvalue weighted by atomic mass is 9.99. The minimum Gasteiger partial charge on any atom is -0.374 e. The number of benzene rings is 1. The molecule has 92 valence electrons. The number of piperidine rings is 1. The topological polar surface area (TPSA) is 24.5 Å². The molecule has 0 radical (unpaired) electrons. The first-order valence-electron chi connectivity index (χ1n) is 6.54. The Labute approximate surface area is 103 Å². The Morgan fingerprint density at radius 1 is 1.29 bits per heavy atom. The Morgan fingerprint density at radius 3 is 3.06 bits per heavy atom. The van der Waals surface area contributed by atoms with Gasteiger partial charge in [0, 0.05) is 25.7 Å². The summed E-state index contributed by atoms with van der Waals surface area (Å²) in [6, 6.07) is 11.4. The molecule has 1 unspecified atom stereocenters. The molecule has 1 aromatic carbocycles. The van der Waals surface area contributed by atoms with Gasteiger partial charge in [-0.3, -0.25) is 4.90 Å². The summed E-state index contributed by atoms with van der Waals surface area (Å²) in [7, 11) is 0. The Hall–Kier alpha value is -0.900. The maximum Gasteiger partial charge on any atom is 0.0855 e. The summed E-state index contributed by atoms with van der Waals surface area (Å²) in [6.07, 6.45) is 1.60. The van der Waals surface area contributed by atoms with Crippen molar-refractivity contribution >= 4 is 0 Å². The zero-order valence-corrected chi connectivity index (χ0v) is 10.1. The Morgan fingerprint density at radius 2 is 2.18 bits per heavy atom. The fourth-order valence-electron chi connectivity index (χ4n) is 2.91. The van der Waals surface area contributed by atoms with Gasteiger partial charge in [-0.15, -0.1) is 0 Å². The number of morpholine rings is 1. The van der Waals surface area contributed by atoms with E-state index < -0.39 is 0 Å². The summed E-state index contributed by atoms with van der Waals surface area (Å²) >= 11 is 0. The molecule has 2 saturated heterocycles. The summed E-state index contributed by atoms with van der Waals surface area (Å²) in [5.74, 6) is 0. The number of rotatable bonds is 2. The van der Waals surface area contributed by atoms with Gasteiger partial charge in [0.1, 0.15) is 0 Å². The molecule has 2 fully saturated rings. The van der Waals surface area contributed by atoms with Crippen LogP contribution < -0.4 is 5.32 Å². The van der Waals surface area contributed by atoms with Crippen LogP contribution in [0.1, 0.15) is 12.0 Å². The Kier molecular flexibility index (Phi) is 3.41. The van der Waals surface area contributed by atoms with Crippen LogP contribution in [0.2, 0.25) is 0 Å². The number of ether oxygens (including phenoxy) is 1. The third kappa shape index (κ3) is 2.51. The van der Waals surface area contributed by atoms with Gasteiger partial charge in [-0.25, -0.2) is 0 Å². The van der Waals surface area contributed by atoms with Crippen molar-refractivity contribution < 1.29 is 4.74 Å². The summed E-state index contributed by atoms with van der Waals surface area (Å²) in [5.41, 5.74) is 1.41. The van der Waals surface area contributed by atoms with E-state index in [0.29, 0.717) is 12.1 Å². The molecule has 0 aliphatic carbocycles. The van der Waals surface area contributed by atoms with Crippen LogP contribution in [0, 0.1) is 0 Å². The molecule has 3 heteroatoms. The molecule has 0 aromatic heterocycles. The smallest absolute Gasteiger partial charge is 0.0855 e. The van der Waals surface area contributed by atoms with Crippen molar-refractivity contribution in [2.45, 2.75) is 25.1 Å². The van der Waals surface area contributed by atoms with Gasteiger partial charge in [-0.2, -0.15) is 0 Å². The highest BCUT2D eigenvalue weighted by atomic mass is 16.5. The molecule has 0 spiro atoms. The first kappa shape index (κ1) is 11.2. The molecule has 1 N–H and O–H groups in total. The minimum atomic E-state index is 0.390. The van der Waals surface area contributed by atoms with E-state index in [9.17, 15) is 0 Å². The van der Waals surface area contributed by atoms with Gasteiger partial charge in [-0.1, -0.05) is 30.3 Å². The molecule has 2 heterocycles. The Bertz CT molecular complexity index is 352. The quantitative estimate of drug-likeness (QED) is 0.830. The zero-order valence-electron chi connectivity index (χ0n) is 10.1. The molecule has 2 atom stereocenters. The summed E-state index contributed by atoms with van der Waals surface area (Å²) < 4.78 is 5.85. The van der Waals surface area contributed by atoms with Crippen LogP contribution in [0.3, 0.4) is 0 Å². The van der Waals surface area contributed by atoms with Crippen LogP contribution in [0.25, 0.3) is 0 Å². The number of nitrogens with zero attached hydrogens (tertiary/aromatic N) is 1. The van der Waals surface area contributed by atoms with E-state index in [1.165, 1.54) is 12.0 Å². The minimum absolute atomic E-state index is 0.390. The van der Waals surface area contributed by atoms with Gasteiger partial charge in [0.2, 0.25) is 0 Å². The van der Waals surface area contributed by atoms with Gasteiger partial charge in [0.25, 0.3) is 0 Å². The van der Waals surface area contributed by atoms with Crippen molar-refractivity contribution in [3.63, 3.8) is 0 Å². The van der Waals surface area contributed by atoms with E-state index in [1.807, 2.05) is 0 Å². The molecular weight excluding hydrogens is 212 g/mol. The third-order valence-electron chi connectivity index (χ3n) is 3.80. The zero-order chi connectivity index (χ0) is 11.5. The van der Waals surface area contributed by atoms with Crippen molar-refractivity contribution in [2.75, 3.05) is 26.2 Å². The number of fused-ring (bicyclic) bond motifs is 1. The fraction of sp³-hybridized carbons (Fsp3) is 0.571. The standard InChI is InChI=1S/C14H20N2O/c1-2-4-12(5-3-1)11-16-8-9-17-14-10-15-7-6-13(14)16/h1-5,13-15H,6-11H2/t13-,14?/m1/s1. The van der Waals surface area contributed by atoms with Crippen LogP contribution in [0.5, 0.6) is 0 Å². The molecule has 3 rings (SSSR count). The maximum absolute atomic E-state index is 5.85. The lowest BCUT2D eigenvalue weighted by Crippen LogP contribution is -2.57. The highest BCUT2D eigenvalue weighted by Crippen LogP contribution is 2.21. The number of hydrogen-bond donors (Lipinski definition) is 1. The summed E-state index contributed by atoms with van der Waals surface area (Å²) in [6.45, 7) is 5.13. The first-order valence-corrected chi connectivity index (χ1v) is 6.54. The van der Waals surface area contributed by atoms with Gasteiger partial charge < -0.3 is 10.1 Å². The predicted molar refractivity (Wildman–Crippen MR) is 67.9 cm³/mol. The van der Waals surface area contributed by atoms with E-state index in [-0.39, 0.29) is 0 Å². The van der Waals surface area contributed by atoms with E-state index in [2.05, 4.69) is 40.5 Å². The van der Waals surface area contributed by atoms with Crippen LogP contribution in [0.4, 0.5) is 0 Å². The second-order valence-corrected chi connectivity index (χ2v) is 4.93. The van der Waals surface area contributed by atoms with Crippen LogP contribution in [-0.4, -0.2) is 43.3 Å². The average molecular weight is 232 g/mol. The molecule has 3 nitrogen and oxygen atoms in total. The van der Waals surface area contributed by atoms with Gasteiger partial charge in [0.15, 0.2) is 0 Å². The van der Waals surface area contributed by atoms with E-state index in [1.54, 1.807) is 0 Å². The van der Waals surface area contributed by atoms with Gasteiger partial charge in [-0.05, 0) is 18.5 Å². The average Bonchev–Trinajstić information content (AvgIpc) is 2.40. The van der Waals surface area contributed by atoms with Crippen molar-refractivity contribution in [3.05, 3.63) is 35.9 Å². The molecule has 0 saturated carbocycles. The van der Waals surface area contributed by atoms with Gasteiger partial charge >= 0.3 is 0 Å². The lowest BCUT2D eigenvalue weighted by Gasteiger charge is -2.44. The molecule has 2 aliphatic rings. The molecular formula is C14H20N2O. The van der Waals surface area contributed by atoms with Crippen molar-refractivity contribution in [2.24, 2.45) is 0 Å². The molecule has 0 amide bonds. The summed E-state index contributed by atoms with van der Waals surface area (Å²) in [4.78, 5) is 2.59. The Balaban J connectivity index is 1.69. The summed E-state index contributed by atoms with van der Waals surface area (Å²) in [5, 5.41) is 3.42. The molecule has 17 heavy (non-hydrogen) atoms. The largest absolute Gasteiger partial charge is 0.374 e. The van der Waals surface area contributed by atoms with E-state index in [4.69, 9.17) is 4.74 Å². The van der Waals surface area contributed by atoms with E-state index in [0.717, 1.165) is 32.8 Å². The van der Waals surface area contributed by atoms with E-state index >= 15 is 0 Å². The molecule has 2 aliphatic heterocycles. The first-order chi connectivity index (χ1) is 8.43. The SMILES string of the molecule is c1ccc(CN2CCOC3CNCC[C@H]32)cc1. The van der Waals surface area contributed by atoms with Gasteiger partial charge in [0.05, 0.1) is 12.7 Å². The second kappa shape index (κ2) is 5.17. The molecule has 1 aromatic rings. The second-order valence-electron chi connectivity index (χ2n) is 4.93. The van der Waals surface area contributed by atoms with Crippen LogP contribution in [0.15, 0.2) is 30.3 Å². The van der Waals surface area contributed by atoms with Crippen LogP contribution in [-0.2, 0) is 11.3 Å². The van der Waals surface area contributed by atoms with Crippen molar-refractivity contribution in [3.8, 4) is 0 Å².